The van der Waals surface area contributed by atoms with Gasteiger partial charge in [-0.25, -0.2) is 4.98 Å². The highest BCUT2D eigenvalue weighted by Crippen LogP contribution is 2.33. The number of anilines is 1. The number of nitrogens with zero attached hydrogens (tertiary/aromatic N) is 1. The first kappa shape index (κ1) is 11.3. The van der Waals surface area contributed by atoms with E-state index in [1.54, 1.807) is 0 Å². The summed E-state index contributed by atoms with van der Waals surface area (Å²) < 4.78 is 5.68. The monoisotopic (exact) mass is 262 g/mol. The summed E-state index contributed by atoms with van der Waals surface area (Å²) in [6, 6.07) is 20.5. The maximum absolute atomic E-state index is 5.68. The number of fused-ring (bicyclic) bond motifs is 2. The molecule has 0 bridgehead atoms. The molecule has 2 heterocycles. The van der Waals surface area contributed by atoms with Crippen LogP contribution in [0.2, 0.25) is 0 Å². The summed E-state index contributed by atoms with van der Waals surface area (Å²) >= 11 is 0. The smallest absolute Gasteiger partial charge is 0.127 e. The molecule has 0 saturated heterocycles. The van der Waals surface area contributed by atoms with Crippen LogP contribution in [0.15, 0.2) is 60.7 Å². The van der Waals surface area contributed by atoms with E-state index < -0.39 is 0 Å². The maximum Gasteiger partial charge on any atom is 0.127 e. The van der Waals surface area contributed by atoms with E-state index >= 15 is 0 Å². The fourth-order valence-electron chi connectivity index (χ4n) is 2.61. The van der Waals surface area contributed by atoms with Gasteiger partial charge in [0.25, 0.3) is 0 Å². The van der Waals surface area contributed by atoms with E-state index in [1.807, 2.05) is 42.5 Å². The number of aromatic nitrogens is 1. The van der Waals surface area contributed by atoms with Crippen molar-refractivity contribution in [2.75, 3.05) is 11.9 Å². The minimum Gasteiger partial charge on any atom is -0.491 e. The average Bonchev–Trinajstić information content (AvgIpc) is 2.91. The lowest BCUT2D eigenvalue weighted by Gasteiger charge is -2.12. The van der Waals surface area contributed by atoms with Crippen LogP contribution in [0, 0.1) is 0 Å². The number of hydrogen-bond donors (Lipinski definition) is 1. The van der Waals surface area contributed by atoms with Crippen molar-refractivity contribution in [2.45, 2.75) is 6.04 Å². The van der Waals surface area contributed by atoms with Crippen LogP contribution in [0.4, 0.5) is 5.82 Å². The quantitative estimate of drug-likeness (QED) is 0.763. The van der Waals surface area contributed by atoms with Crippen LogP contribution < -0.4 is 10.1 Å². The Hall–Kier alpha value is -2.55. The molecule has 0 amide bonds. The molecule has 0 aliphatic carbocycles. The van der Waals surface area contributed by atoms with Gasteiger partial charge in [0.15, 0.2) is 0 Å². The molecule has 98 valence electrons. The summed E-state index contributed by atoms with van der Waals surface area (Å²) in [6.07, 6.45) is 0. The highest BCUT2D eigenvalue weighted by atomic mass is 16.5. The fraction of sp³-hybridized carbons (Fsp3) is 0.118. The van der Waals surface area contributed by atoms with Crippen molar-refractivity contribution in [3.8, 4) is 5.75 Å². The van der Waals surface area contributed by atoms with Crippen LogP contribution in [0.5, 0.6) is 5.75 Å². The molecule has 1 N–H and O–H groups in total. The van der Waals surface area contributed by atoms with Gasteiger partial charge in [0.05, 0.1) is 11.6 Å². The molecular formula is C17H14N2O. The molecule has 3 nitrogen and oxygen atoms in total. The third-order valence-electron chi connectivity index (χ3n) is 3.62. The molecule has 1 aliphatic rings. The Balaban J connectivity index is 1.65. The van der Waals surface area contributed by atoms with Crippen molar-refractivity contribution < 1.29 is 4.74 Å². The molecule has 3 aromatic rings. The van der Waals surface area contributed by atoms with Gasteiger partial charge in [0.1, 0.15) is 18.2 Å². The maximum atomic E-state index is 5.68. The third kappa shape index (κ3) is 1.88. The number of rotatable bonds is 2. The van der Waals surface area contributed by atoms with Crippen molar-refractivity contribution >= 4 is 16.7 Å². The van der Waals surface area contributed by atoms with Gasteiger partial charge in [-0.15, -0.1) is 0 Å². The number of para-hydroxylation sites is 2. The highest BCUT2D eigenvalue weighted by molar-refractivity contribution is 5.80. The predicted molar refractivity (Wildman–Crippen MR) is 80.0 cm³/mol. The molecule has 3 heteroatoms. The predicted octanol–water partition coefficient (Wildman–Crippen LogP) is 3.78. The van der Waals surface area contributed by atoms with Crippen molar-refractivity contribution in [3.05, 3.63) is 66.2 Å². The molecule has 0 spiro atoms. The van der Waals surface area contributed by atoms with Crippen LogP contribution in [-0.2, 0) is 0 Å². The Morgan fingerprint density at radius 3 is 2.80 bits per heavy atom. The first-order valence-electron chi connectivity index (χ1n) is 6.74. The van der Waals surface area contributed by atoms with Crippen LogP contribution in [-0.4, -0.2) is 11.6 Å². The lowest BCUT2D eigenvalue weighted by atomic mass is 10.1. The summed E-state index contributed by atoms with van der Waals surface area (Å²) in [5.41, 5.74) is 2.20. The minimum absolute atomic E-state index is 0.167. The van der Waals surface area contributed by atoms with E-state index in [-0.39, 0.29) is 6.04 Å². The molecule has 0 saturated carbocycles. The van der Waals surface area contributed by atoms with Crippen molar-refractivity contribution in [3.63, 3.8) is 0 Å². The lowest BCUT2D eigenvalue weighted by Crippen LogP contribution is -2.12. The molecule has 1 aromatic heterocycles. The molecule has 20 heavy (non-hydrogen) atoms. The van der Waals surface area contributed by atoms with Gasteiger partial charge >= 0.3 is 0 Å². The molecule has 2 aromatic carbocycles. The number of hydrogen-bond acceptors (Lipinski definition) is 3. The van der Waals surface area contributed by atoms with Crippen LogP contribution >= 0.6 is 0 Å². The highest BCUT2D eigenvalue weighted by Gasteiger charge is 2.23. The normalized spacial score (nSPS) is 16.7. The second kappa shape index (κ2) is 4.53. The van der Waals surface area contributed by atoms with Gasteiger partial charge < -0.3 is 10.1 Å². The first-order chi connectivity index (χ1) is 9.90. The van der Waals surface area contributed by atoms with E-state index in [1.165, 1.54) is 5.56 Å². The molecule has 1 atom stereocenters. The Morgan fingerprint density at radius 2 is 1.80 bits per heavy atom. The van der Waals surface area contributed by atoms with Gasteiger partial charge in [-0.05, 0) is 24.3 Å². The van der Waals surface area contributed by atoms with Gasteiger partial charge in [0.2, 0.25) is 0 Å². The van der Waals surface area contributed by atoms with E-state index in [9.17, 15) is 0 Å². The number of nitrogens with one attached hydrogen (secondary N) is 1. The summed E-state index contributed by atoms with van der Waals surface area (Å²) in [5.74, 6) is 1.85. The lowest BCUT2D eigenvalue weighted by molar-refractivity contribution is 0.339. The van der Waals surface area contributed by atoms with Crippen LogP contribution in [0.1, 0.15) is 11.6 Å². The van der Waals surface area contributed by atoms with Crippen LogP contribution in [0.25, 0.3) is 10.9 Å². The standard InChI is InChI=1S/C17H14N2O/c1-3-7-14-12(5-1)9-10-17(18-14)19-15-11-20-16-8-4-2-6-13(15)16/h1-10,15H,11H2,(H,18,19). The molecule has 4 rings (SSSR count). The Morgan fingerprint density at radius 1 is 0.950 bits per heavy atom. The number of ether oxygens (including phenoxy) is 1. The number of benzene rings is 2. The Labute approximate surface area is 117 Å². The zero-order chi connectivity index (χ0) is 13.4. The zero-order valence-corrected chi connectivity index (χ0v) is 10.9. The Kier molecular flexibility index (Phi) is 2.56. The second-order valence-corrected chi connectivity index (χ2v) is 4.93. The van der Waals surface area contributed by atoms with Gasteiger partial charge in [-0.3, -0.25) is 0 Å². The van der Waals surface area contributed by atoms with E-state index in [0.717, 1.165) is 22.5 Å². The van der Waals surface area contributed by atoms with E-state index in [2.05, 4.69) is 28.5 Å². The van der Waals surface area contributed by atoms with Gasteiger partial charge in [-0.2, -0.15) is 0 Å². The van der Waals surface area contributed by atoms with E-state index in [4.69, 9.17) is 4.74 Å². The molecule has 1 unspecified atom stereocenters. The molecule has 0 fully saturated rings. The fourth-order valence-corrected chi connectivity index (χ4v) is 2.61. The topological polar surface area (TPSA) is 34.1 Å². The average molecular weight is 262 g/mol. The SMILES string of the molecule is c1ccc2c(c1)OCC2Nc1ccc2ccccc2n1. The summed E-state index contributed by atoms with van der Waals surface area (Å²) in [5, 5.41) is 4.61. The Bertz CT molecular complexity index is 770. The van der Waals surface area contributed by atoms with Gasteiger partial charge in [0, 0.05) is 10.9 Å². The van der Waals surface area contributed by atoms with Crippen LogP contribution in [0.3, 0.4) is 0 Å². The first-order valence-corrected chi connectivity index (χ1v) is 6.74. The van der Waals surface area contributed by atoms with E-state index in [0.29, 0.717) is 6.61 Å². The molecule has 1 aliphatic heterocycles. The summed E-state index contributed by atoms with van der Waals surface area (Å²) in [7, 11) is 0. The molecular weight excluding hydrogens is 248 g/mol. The summed E-state index contributed by atoms with van der Waals surface area (Å²) in [6.45, 7) is 0.647. The largest absolute Gasteiger partial charge is 0.491 e. The minimum atomic E-state index is 0.167. The second-order valence-electron chi connectivity index (χ2n) is 4.93. The van der Waals surface area contributed by atoms with Crippen molar-refractivity contribution in [1.82, 2.24) is 4.98 Å². The van der Waals surface area contributed by atoms with Crippen molar-refractivity contribution in [2.24, 2.45) is 0 Å². The van der Waals surface area contributed by atoms with Crippen molar-refractivity contribution in [1.29, 1.82) is 0 Å². The third-order valence-corrected chi connectivity index (χ3v) is 3.62. The summed E-state index contributed by atoms with van der Waals surface area (Å²) in [4.78, 5) is 4.64. The number of pyridine rings is 1. The zero-order valence-electron chi connectivity index (χ0n) is 10.9. The van der Waals surface area contributed by atoms with Gasteiger partial charge in [-0.1, -0.05) is 36.4 Å². The molecule has 0 radical (unpaired) electrons.